The van der Waals surface area contributed by atoms with Gasteiger partial charge in [0.05, 0.1) is 11.8 Å². The number of anilines is 1. The predicted octanol–water partition coefficient (Wildman–Crippen LogP) is 1.15. The Kier molecular flexibility index (Phi) is 3.90. The number of hydrogen-bond acceptors (Lipinski definition) is 5. The number of H-pyrrole nitrogens is 1. The SMILES string of the molecule is C=CC(=O)N1C[C@@H]2[C@H](C1)[C@@H]2Nc1cnc2[nH]cc(C(=O)NC(C)C)c2n1. The van der Waals surface area contributed by atoms with Crippen molar-refractivity contribution in [3.8, 4) is 0 Å². The zero-order chi connectivity index (χ0) is 18.4. The van der Waals surface area contributed by atoms with Crippen LogP contribution in [0, 0.1) is 11.8 Å². The first-order chi connectivity index (χ1) is 12.5. The quantitative estimate of drug-likeness (QED) is 0.699. The standard InChI is InChI=1S/C18H22N6O2/c1-4-14(25)24-7-11-12(8-24)15(11)22-13-6-20-17-16(23-13)10(5-19-17)18(26)21-9(2)3/h4-6,9,11-12,15H,1,7-8H2,2-3H3,(H,19,20)(H,21,26)(H,22,23)/t11-,12+,15-. The van der Waals surface area contributed by atoms with Gasteiger partial charge < -0.3 is 20.5 Å². The highest BCUT2D eigenvalue weighted by atomic mass is 16.2. The molecule has 1 aliphatic heterocycles. The number of carbonyl (C=O) groups excluding carboxylic acids is 2. The van der Waals surface area contributed by atoms with Crippen molar-refractivity contribution in [3.63, 3.8) is 0 Å². The molecule has 0 spiro atoms. The molecule has 1 saturated heterocycles. The molecule has 2 aromatic rings. The van der Waals surface area contributed by atoms with E-state index in [2.05, 4.69) is 32.2 Å². The highest BCUT2D eigenvalue weighted by Gasteiger charge is 2.56. The first kappa shape index (κ1) is 16.6. The van der Waals surface area contributed by atoms with Gasteiger partial charge in [0.1, 0.15) is 11.3 Å². The van der Waals surface area contributed by atoms with Gasteiger partial charge in [0.2, 0.25) is 5.91 Å². The minimum Gasteiger partial charge on any atom is -0.365 e. The van der Waals surface area contributed by atoms with Gasteiger partial charge in [-0.15, -0.1) is 0 Å². The molecule has 0 radical (unpaired) electrons. The van der Waals surface area contributed by atoms with Crippen molar-refractivity contribution in [1.82, 2.24) is 25.2 Å². The van der Waals surface area contributed by atoms with Crippen LogP contribution in [0.25, 0.3) is 11.2 Å². The third-order valence-electron chi connectivity index (χ3n) is 5.04. The second-order valence-corrected chi connectivity index (χ2v) is 7.23. The molecular formula is C18H22N6O2. The number of aromatic nitrogens is 3. The maximum Gasteiger partial charge on any atom is 0.255 e. The molecule has 8 heteroatoms. The Morgan fingerprint density at radius 3 is 2.77 bits per heavy atom. The van der Waals surface area contributed by atoms with Crippen LogP contribution in [0.4, 0.5) is 5.82 Å². The van der Waals surface area contributed by atoms with Gasteiger partial charge in [-0.2, -0.15) is 0 Å². The second kappa shape index (κ2) is 6.12. The molecule has 1 saturated carbocycles. The van der Waals surface area contributed by atoms with Crippen LogP contribution >= 0.6 is 0 Å². The Balaban J connectivity index is 1.47. The van der Waals surface area contributed by atoms with Crippen LogP contribution in [-0.2, 0) is 4.79 Å². The lowest BCUT2D eigenvalue weighted by molar-refractivity contribution is -0.125. The van der Waals surface area contributed by atoms with Gasteiger partial charge in [-0.25, -0.2) is 9.97 Å². The number of nitrogens with zero attached hydrogens (tertiary/aromatic N) is 3. The molecule has 26 heavy (non-hydrogen) atoms. The smallest absolute Gasteiger partial charge is 0.255 e. The number of carbonyl (C=O) groups is 2. The second-order valence-electron chi connectivity index (χ2n) is 7.23. The van der Waals surface area contributed by atoms with Crippen LogP contribution in [0.3, 0.4) is 0 Å². The lowest BCUT2D eigenvalue weighted by atomic mass is 10.2. The lowest BCUT2D eigenvalue weighted by Crippen LogP contribution is -2.32. The summed E-state index contributed by atoms with van der Waals surface area (Å²) in [6.07, 6.45) is 4.67. The number of hydrogen-bond donors (Lipinski definition) is 3. The predicted molar refractivity (Wildman–Crippen MR) is 97.7 cm³/mol. The fourth-order valence-electron chi connectivity index (χ4n) is 3.69. The minimum atomic E-state index is -0.167. The topological polar surface area (TPSA) is 103 Å². The summed E-state index contributed by atoms with van der Waals surface area (Å²) in [6, 6.07) is 0.344. The lowest BCUT2D eigenvalue weighted by Gasteiger charge is -2.18. The molecule has 0 bridgehead atoms. The molecule has 0 aromatic carbocycles. The molecule has 3 N–H and O–H groups in total. The molecule has 0 unspecified atom stereocenters. The Morgan fingerprint density at radius 1 is 1.38 bits per heavy atom. The maximum absolute atomic E-state index is 12.3. The van der Waals surface area contributed by atoms with Gasteiger partial charge in [-0.3, -0.25) is 9.59 Å². The van der Waals surface area contributed by atoms with E-state index < -0.39 is 0 Å². The summed E-state index contributed by atoms with van der Waals surface area (Å²) in [4.78, 5) is 37.7. The van der Waals surface area contributed by atoms with Crippen LogP contribution in [0.2, 0.25) is 0 Å². The van der Waals surface area contributed by atoms with Crippen LogP contribution in [0.5, 0.6) is 0 Å². The third kappa shape index (κ3) is 2.81. The highest BCUT2D eigenvalue weighted by Crippen LogP contribution is 2.47. The Morgan fingerprint density at radius 2 is 2.12 bits per heavy atom. The maximum atomic E-state index is 12.3. The van der Waals surface area contributed by atoms with Crippen molar-refractivity contribution in [2.45, 2.75) is 25.9 Å². The van der Waals surface area contributed by atoms with E-state index in [0.29, 0.717) is 40.4 Å². The number of aromatic amines is 1. The Labute approximate surface area is 151 Å². The van der Waals surface area contributed by atoms with Crippen molar-refractivity contribution in [2.24, 2.45) is 11.8 Å². The summed E-state index contributed by atoms with van der Waals surface area (Å²) in [5.41, 5.74) is 1.63. The molecule has 8 nitrogen and oxygen atoms in total. The summed E-state index contributed by atoms with van der Waals surface area (Å²) in [5, 5.41) is 6.27. The highest BCUT2D eigenvalue weighted by molar-refractivity contribution is 6.04. The molecular weight excluding hydrogens is 332 g/mol. The summed E-state index contributed by atoms with van der Waals surface area (Å²) < 4.78 is 0. The van der Waals surface area contributed by atoms with Gasteiger partial charge in [-0.05, 0) is 19.9 Å². The minimum absolute atomic E-state index is 0.00899. The molecule has 3 heterocycles. The largest absolute Gasteiger partial charge is 0.365 e. The zero-order valence-corrected chi connectivity index (χ0v) is 14.8. The molecule has 136 valence electrons. The summed E-state index contributed by atoms with van der Waals surface area (Å²) in [5.74, 6) is 1.35. The Hall–Kier alpha value is -2.90. The summed E-state index contributed by atoms with van der Waals surface area (Å²) in [7, 11) is 0. The van der Waals surface area contributed by atoms with E-state index >= 15 is 0 Å². The van der Waals surface area contributed by atoms with Crippen molar-refractivity contribution in [3.05, 3.63) is 30.6 Å². The number of likely N-dealkylation sites (tertiary alicyclic amines) is 1. The van der Waals surface area contributed by atoms with E-state index in [1.165, 1.54) is 6.08 Å². The van der Waals surface area contributed by atoms with Gasteiger partial charge in [-0.1, -0.05) is 6.58 Å². The number of rotatable bonds is 5. The average molecular weight is 354 g/mol. The summed E-state index contributed by atoms with van der Waals surface area (Å²) >= 11 is 0. The fraction of sp³-hybridized carbons (Fsp3) is 0.444. The van der Waals surface area contributed by atoms with Crippen molar-refractivity contribution in [1.29, 1.82) is 0 Å². The molecule has 2 fully saturated rings. The van der Waals surface area contributed by atoms with E-state index in [9.17, 15) is 9.59 Å². The molecule has 2 aromatic heterocycles. The average Bonchev–Trinajstić information content (AvgIpc) is 2.99. The summed E-state index contributed by atoms with van der Waals surface area (Å²) in [6.45, 7) is 8.85. The van der Waals surface area contributed by atoms with Crippen molar-refractivity contribution in [2.75, 3.05) is 18.4 Å². The van der Waals surface area contributed by atoms with Crippen molar-refractivity contribution >= 4 is 28.8 Å². The van der Waals surface area contributed by atoms with E-state index in [0.717, 1.165) is 13.1 Å². The van der Waals surface area contributed by atoms with Gasteiger partial charge in [0.15, 0.2) is 5.65 Å². The number of amides is 2. The molecule has 4 rings (SSSR count). The molecule has 2 aliphatic rings. The normalized spacial score (nSPS) is 23.8. The first-order valence-electron chi connectivity index (χ1n) is 8.80. The molecule has 3 atom stereocenters. The Bertz CT molecular complexity index is 877. The van der Waals surface area contributed by atoms with E-state index in [-0.39, 0.29) is 17.9 Å². The van der Waals surface area contributed by atoms with Crippen molar-refractivity contribution < 1.29 is 9.59 Å². The van der Waals surface area contributed by atoms with Gasteiger partial charge in [0.25, 0.3) is 5.91 Å². The third-order valence-corrected chi connectivity index (χ3v) is 5.04. The van der Waals surface area contributed by atoms with Crippen LogP contribution in [-0.4, -0.2) is 56.8 Å². The molecule has 1 aliphatic carbocycles. The first-order valence-corrected chi connectivity index (χ1v) is 8.80. The number of nitrogens with one attached hydrogen (secondary N) is 3. The van der Waals surface area contributed by atoms with E-state index in [1.807, 2.05) is 18.7 Å². The van der Waals surface area contributed by atoms with Gasteiger partial charge >= 0.3 is 0 Å². The van der Waals surface area contributed by atoms with E-state index in [1.54, 1.807) is 12.4 Å². The number of fused-ring (bicyclic) bond motifs is 2. The van der Waals surface area contributed by atoms with Crippen LogP contribution in [0.15, 0.2) is 25.0 Å². The zero-order valence-electron chi connectivity index (χ0n) is 14.8. The molecule has 2 amide bonds. The van der Waals surface area contributed by atoms with Crippen LogP contribution in [0.1, 0.15) is 24.2 Å². The number of piperidine rings is 1. The van der Waals surface area contributed by atoms with E-state index in [4.69, 9.17) is 0 Å². The van der Waals surface area contributed by atoms with Gasteiger partial charge in [0, 0.05) is 43.2 Å². The van der Waals surface area contributed by atoms with Crippen LogP contribution < -0.4 is 10.6 Å². The monoisotopic (exact) mass is 354 g/mol. The fourth-order valence-corrected chi connectivity index (χ4v) is 3.69.